The zero-order valence-electron chi connectivity index (χ0n) is 21.2. The second-order valence-electron chi connectivity index (χ2n) is 10.5. The first-order valence-corrected chi connectivity index (χ1v) is 13.8. The highest BCUT2D eigenvalue weighted by Gasteiger charge is 2.25. The lowest BCUT2D eigenvalue weighted by molar-refractivity contribution is -0.00456. The van der Waals surface area contributed by atoms with Crippen molar-refractivity contribution in [1.82, 2.24) is 0 Å². The molecule has 0 atom stereocenters. The third-order valence-corrected chi connectivity index (χ3v) is 7.89. The molecule has 0 bridgehead atoms. The molecule has 2 aliphatic carbocycles. The van der Waals surface area contributed by atoms with E-state index in [4.69, 9.17) is 10.00 Å². The van der Waals surface area contributed by atoms with Gasteiger partial charge in [-0.1, -0.05) is 69.0 Å². The monoisotopic (exact) mass is 465 g/mol. The molecule has 2 nitrogen and oxygen atoms in total. The number of rotatable bonds is 12. The van der Waals surface area contributed by atoms with Gasteiger partial charge in [0.1, 0.15) is 6.07 Å². The van der Waals surface area contributed by atoms with Gasteiger partial charge < -0.3 is 4.74 Å². The van der Waals surface area contributed by atoms with Crippen LogP contribution in [0.2, 0.25) is 0 Å². The first kappa shape index (κ1) is 26.7. The van der Waals surface area contributed by atoms with Crippen LogP contribution in [0.1, 0.15) is 107 Å². The Bertz CT molecular complexity index is 790. The molecule has 3 rings (SSSR count). The van der Waals surface area contributed by atoms with Gasteiger partial charge in [-0.05, 0) is 99.2 Å². The molecule has 1 aromatic rings. The second-order valence-corrected chi connectivity index (χ2v) is 10.5. The van der Waals surface area contributed by atoms with E-state index in [1.54, 1.807) is 6.08 Å². The highest BCUT2D eigenvalue weighted by Crippen LogP contribution is 2.37. The van der Waals surface area contributed by atoms with Crippen LogP contribution in [0, 0.1) is 23.2 Å². The molecule has 0 aromatic heterocycles. The summed E-state index contributed by atoms with van der Waals surface area (Å²) in [6.45, 7) is 3.18. The van der Waals surface area contributed by atoms with E-state index < -0.39 is 5.83 Å². The van der Waals surface area contributed by atoms with Crippen molar-refractivity contribution in [3.63, 3.8) is 0 Å². The predicted octanol–water partition coefficient (Wildman–Crippen LogP) is 8.98. The van der Waals surface area contributed by atoms with Crippen LogP contribution in [0.25, 0.3) is 0 Å². The minimum absolute atomic E-state index is 0.378. The van der Waals surface area contributed by atoms with Crippen LogP contribution in [-0.4, -0.2) is 12.7 Å². The molecule has 2 fully saturated rings. The topological polar surface area (TPSA) is 33.0 Å². The first-order valence-electron chi connectivity index (χ1n) is 13.8. The van der Waals surface area contributed by atoms with Crippen molar-refractivity contribution in [1.29, 1.82) is 5.26 Å². The summed E-state index contributed by atoms with van der Waals surface area (Å²) >= 11 is 0. The summed E-state index contributed by atoms with van der Waals surface area (Å²) in [6.07, 6.45) is 22.8. The van der Waals surface area contributed by atoms with E-state index in [-0.39, 0.29) is 0 Å². The molecule has 3 heteroatoms. The summed E-state index contributed by atoms with van der Waals surface area (Å²) in [7, 11) is 0. The van der Waals surface area contributed by atoms with Crippen molar-refractivity contribution < 1.29 is 9.13 Å². The predicted molar refractivity (Wildman–Crippen MR) is 139 cm³/mol. The Kier molecular flexibility index (Phi) is 11.9. The number of benzene rings is 1. The Morgan fingerprint density at radius 2 is 1.68 bits per heavy atom. The number of nitrogens with zero attached hydrogens (tertiary/aromatic N) is 1. The van der Waals surface area contributed by atoms with Crippen molar-refractivity contribution in [2.24, 2.45) is 11.8 Å². The summed E-state index contributed by atoms with van der Waals surface area (Å²) < 4.78 is 19.2. The van der Waals surface area contributed by atoms with E-state index in [2.05, 4.69) is 31.2 Å². The molecule has 1 aromatic carbocycles. The Morgan fingerprint density at radius 1 is 0.971 bits per heavy atom. The molecule has 0 amide bonds. The molecule has 0 N–H and O–H groups in total. The zero-order valence-corrected chi connectivity index (χ0v) is 21.2. The number of aryl methyl sites for hydroxylation is 1. The fourth-order valence-corrected chi connectivity index (χ4v) is 5.61. The van der Waals surface area contributed by atoms with E-state index in [1.165, 1.54) is 87.5 Å². The quantitative estimate of drug-likeness (QED) is 0.175. The highest BCUT2D eigenvalue weighted by molar-refractivity contribution is 5.26. The Labute approximate surface area is 207 Å². The van der Waals surface area contributed by atoms with Gasteiger partial charge in [-0.2, -0.15) is 9.65 Å². The number of halogens is 1. The van der Waals surface area contributed by atoms with E-state index >= 15 is 0 Å². The molecule has 0 radical (unpaired) electrons. The third kappa shape index (κ3) is 9.38. The fourth-order valence-electron chi connectivity index (χ4n) is 5.61. The van der Waals surface area contributed by atoms with Crippen LogP contribution < -0.4 is 0 Å². The molecule has 0 saturated heterocycles. The SMILES string of the molecule is CCCCCCCc1ccc(C2CCC(COC3CCC(/C=C/C=C(\F)C#N)CC3)CC2)cc1. The number of unbranched alkanes of at least 4 members (excludes halogenated alkanes) is 4. The summed E-state index contributed by atoms with van der Waals surface area (Å²) in [5.74, 6) is 1.17. The maximum Gasteiger partial charge on any atom is 0.199 e. The maximum atomic E-state index is 12.9. The molecule has 186 valence electrons. The normalized spacial score (nSPS) is 26.0. The molecule has 0 aliphatic heterocycles. The maximum absolute atomic E-state index is 12.9. The Balaban J connectivity index is 1.29. The van der Waals surface area contributed by atoms with E-state index in [0.29, 0.717) is 17.9 Å². The lowest BCUT2D eigenvalue weighted by atomic mass is 9.78. The number of hydrogen-bond donors (Lipinski definition) is 0. The summed E-state index contributed by atoms with van der Waals surface area (Å²) in [5.41, 5.74) is 3.03. The Hall–Kier alpha value is -1.92. The lowest BCUT2D eigenvalue weighted by Gasteiger charge is -2.32. The number of ether oxygens (including phenoxy) is 1. The van der Waals surface area contributed by atoms with Gasteiger partial charge in [0.15, 0.2) is 5.83 Å². The van der Waals surface area contributed by atoms with Crippen molar-refractivity contribution in [2.45, 2.75) is 109 Å². The summed E-state index contributed by atoms with van der Waals surface area (Å²) in [6, 6.07) is 11.0. The molecule has 34 heavy (non-hydrogen) atoms. The van der Waals surface area contributed by atoms with Gasteiger partial charge in [-0.25, -0.2) is 0 Å². The average Bonchev–Trinajstić information content (AvgIpc) is 2.88. The smallest absolute Gasteiger partial charge is 0.199 e. The molecule has 0 spiro atoms. The van der Waals surface area contributed by atoms with Crippen LogP contribution in [0.15, 0.2) is 48.3 Å². The second kappa shape index (κ2) is 15.2. The van der Waals surface area contributed by atoms with Crippen LogP contribution in [0.4, 0.5) is 4.39 Å². The first-order chi connectivity index (χ1) is 16.7. The molecular formula is C31H44FNO. The van der Waals surface area contributed by atoms with Crippen molar-refractivity contribution >= 4 is 0 Å². The summed E-state index contributed by atoms with van der Waals surface area (Å²) in [5, 5.41) is 8.46. The highest BCUT2D eigenvalue weighted by atomic mass is 19.1. The number of allylic oxidation sites excluding steroid dienone is 4. The molecule has 0 heterocycles. The van der Waals surface area contributed by atoms with Gasteiger partial charge in [0.2, 0.25) is 0 Å². The number of nitriles is 1. The standard InChI is InChI=1S/C31H44FNO/c1-2-3-4-5-6-8-25-11-17-28(18-12-25)29-19-13-27(14-20-29)24-34-31-21-15-26(16-22-31)9-7-10-30(32)23-33/h7,9-12,17-18,26-27,29,31H,2-6,8,13-16,19-22,24H2,1H3/b9-7+,30-10-. The van der Waals surface area contributed by atoms with Gasteiger partial charge >= 0.3 is 0 Å². The minimum atomic E-state index is -0.729. The van der Waals surface area contributed by atoms with Crippen molar-refractivity contribution in [2.75, 3.05) is 6.61 Å². The average molecular weight is 466 g/mol. The molecular weight excluding hydrogens is 421 g/mol. The third-order valence-electron chi connectivity index (χ3n) is 7.89. The van der Waals surface area contributed by atoms with Crippen LogP contribution >= 0.6 is 0 Å². The van der Waals surface area contributed by atoms with E-state index in [1.807, 2.05) is 6.08 Å². The largest absolute Gasteiger partial charge is 0.378 e. The molecule has 0 unspecified atom stereocenters. The van der Waals surface area contributed by atoms with Crippen molar-refractivity contribution in [3.8, 4) is 6.07 Å². The zero-order chi connectivity index (χ0) is 24.0. The molecule has 2 aliphatic rings. The van der Waals surface area contributed by atoms with E-state index in [0.717, 1.165) is 38.2 Å². The van der Waals surface area contributed by atoms with E-state index in [9.17, 15) is 4.39 Å². The van der Waals surface area contributed by atoms with Crippen LogP contribution in [0.3, 0.4) is 0 Å². The van der Waals surface area contributed by atoms with Gasteiger partial charge in [-0.3, -0.25) is 0 Å². The van der Waals surface area contributed by atoms with Crippen molar-refractivity contribution in [3.05, 3.63) is 59.4 Å². The van der Waals surface area contributed by atoms with Gasteiger partial charge in [0.25, 0.3) is 0 Å². The molecule has 2 saturated carbocycles. The minimum Gasteiger partial charge on any atom is -0.378 e. The van der Waals surface area contributed by atoms with Gasteiger partial charge in [0, 0.05) is 6.61 Å². The van der Waals surface area contributed by atoms with Gasteiger partial charge in [0.05, 0.1) is 6.10 Å². The number of hydrogen-bond acceptors (Lipinski definition) is 2. The fraction of sp³-hybridized carbons (Fsp3) is 0.645. The van der Waals surface area contributed by atoms with Crippen LogP contribution in [-0.2, 0) is 11.2 Å². The summed E-state index contributed by atoms with van der Waals surface area (Å²) in [4.78, 5) is 0. The lowest BCUT2D eigenvalue weighted by Crippen LogP contribution is -2.25. The van der Waals surface area contributed by atoms with Gasteiger partial charge in [-0.15, -0.1) is 0 Å². The Morgan fingerprint density at radius 3 is 2.35 bits per heavy atom. The van der Waals surface area contributed by atoms with Crippen LogP contribution in [0.5, 0.6) is 0 Å².